The predicted molar refractivity (Wildman–Crippen MR) is 84.1 cm³/mol. The van der Waals surface area contributed by atoms with Crippen LogP contribution in [0.5, 0.6) is 11.5 Å². The first kappa shape index (κ1) is 15.0. The molecule has 0 unspecified atom stereocenters. The van der Waals surface area contributed by atoms with E-state index in [1.807, 2.05) is 12.1 Å². The number of hydrogen-bond acceptors (Lipinski definition) is 6. The largest absolute Gasteiger partial charge is 0.497 e. The Kier molecular flexibility index (Phi) is 3.84. The van der Waals surface area contributed by atoms with Gasteiger partial charge in [0.2, 0.25) is 5.89 Å². The summed E-state index contributed by atoms with van der Waals surface area (Å²) in [4.78, 5) is 18.3. The van der Waals surface area contributed by atoms with Crippen LogP contribution in [0.3, 0.4) is 0 Å². The molecule has 126 valence electrons. The fourth-order valence-electron chi connectivity index (χ4n) is 2.69. The first-order chi connectivity index (χ1) is 11.7. The molecule has 7 heteroatoms. The summed E-state index contributed by atoms with van der Waals surface area (Å²) in [5, 5.41) is 4.02. The third-order valence-corrected chi connectivity index (χ3v) is 4.39. The van der Waals surface area contributed by atoms with Crippen LogP contribution < -0.4 is 9.47 Å². The predicted octanol–water partition coefficient (Wildman–Crippen LogP) is 1.96. The van der Waals surface area contributed by atoms with Gasteiger partial charge in [-0.1, -0.05) is 11.2 Å². The zero-order valence-corrected chi connectivity index (χ0v) is 13.5. The number of benzene rings is 1. The summed E-state index contributed by atoms with van der Waals surface area (Å²) in [5.41, 5.74) is 0. The van der Waals surface area contributed by atoms with Gasteiger partial charge in [0.25, 0.3) is 5.91 Å². The van der Waals surface area contributed by atoms with Crippen LogP contribution in [0.15, 0.2) is 28.8 Å². The number of carbonyl (C=O) groups is 1. The highest BCUT2D eigenvalue weighted by Gasteiger charge is 2.37. The van der Waals surface area contributed by atoms with Gasteiger partial charge in [0, 0.05) is 25.1 Å². The smallest absolute Gasteiger partial charge is 0.260 e. The molecule has 0 bridgehead atoms. The van der Waals surface area contributed by atoms with Crippen molar-refractivity contribution in [3.05, 3.63) is 36.0 Å². The van der Waals surface area contributed by atoms with E-state index in [2.05, 4.69) is 10.1 Å². The number of ether oxygens (including phenoxy) is 2. The summed E-state index contributed by atoms with van der Waals surface area (Å²) in [7, 11) is 1.59. The second-order valence-corrected chi connectivity index (χ2v) is 6.23. The van der Waals surface area contributed by atoms with E-state index >= 15 is 0 Å². The summed E-state index contributed by atoms with van der Waals surface area (Å²) in [6.07, 6.45) is 2.30. The average Bonchev–Trinajstić information content (AvgIpc) is 3.31. The molecule has 1 saturated carbocycles. The van der Waals surface area contributed by atoms with Gasteiger partial charge in [-0.25, -0.2) is 0 Å². The standard InChI is InChI=1S/C17H19N3O4/c1-22-13-3-2-4-14(7-13)23-10-15(21)20-8-12(9-20)17-18-16(19-24-17)11-5-6-11/h2-4,7,11-12H,5-6,8-10H2,1H3. The highest BCUT2D eigenvalue weighted by Crippen LogP contribution is 2.39. The van der Waals surface area contributed by atoms with Crippen molar-refractivity contribution in [2.45, 2.75) is 24.7 Å². The molecular formula is C17H19N3O4. The number of nitrogens with zero attached hydrogens (tertiary/aromatic N) is 3. The van der Waals surface area contributed by atoms with E-state index in [1.165, 1.54) is 0 Å². The van der Waals surface area contributed by atoms with Gasteiger partial charge in [-0.2, -0.15) is 4.98 Å². The van der Waals surface area contributed by atoms with Gasteiger partial charge in [-0.15, -0.1) is 0 Å². The topological polar surface area (TPSA) is 77.7 Å². The van der Waals surface area contributed by atoms with Crippen LogP contribution >= 0.6 is 0 Å². The Morgan fingerprint density at radius 3 is 2.83 bits per heavy atom. The van der Waals surface area contributed by atoms with Crippen molar-refractivity contribution in [3.8, 4) is 11.5 Å². The molecule has 0 N–H and O–H groups in total. The first-order valence-corrected chi connectivity index (χ1v) is 8.11. The molecule has 1 aromatic heterocycles. The lowest BCUT2D eigenvalue weighted by Gasteiger charge is -2.36. The quantitative estimate of drug-likeness (QED) is 0.806. The SMILES string of the molecule is COc1cccc(OCC(=O)N2CC(c3nc(C4CC4)no3)C2)c1. The van der Waals surface area contributed by atoms with Crippen LogP contribution in [0, 0.1) is 0 Å². The van der Waals surface area contributed by atoms with Gasteiger partial charge in [0.15, 0.2) is 12.4 Å². The summed E-state index contributed by atoms with van der Waals surface area (Å²) in [6, 6.07) is 7.21. The normalized spacial score (nSPS) is 17.5. The molecule has 2 aliphatic rings. The maximum Gasteiger partial charge on any atom is 0.260 e. The van der Waals surface area contributed by atoms with Crippen LogP contribution in [0.25, 0.3) is 0 Å². The molecule has 0 radical (unpaired) electrons. The minimum absolute atomic E-state index is 0.0110. The van der Waals surface area contributed by atoms with E-state index in [4.69, 9.17) is 14.0 Å². The lowest BCUT2D eigenvalue weighted by Crippen LogP contribution is -2.50. The molecule has 1 aromatic carbocycles. The first-order valence-electron chi connectivity index (χ1n) is 8.11. The monoisotopic (exact) mass is 329 g/mol. The number of rotatable bonds is 6. The van der Waals surface area contributed by atoms with Crippen LogP contribution in [0.4, 0.5) is 0 Å². The van der Waals surface area contributed by atoms with E-state index < -0.39 is 0 Å². The number of hydrogen-bond donors (Lipinski definition) is 0. The van der Waals surface area contributed by atoms with Crippen molar-refractivity contribution in [3.63, 3.8) is 0 Å². The molecule has 4 rings (SSSR count). The molecule has 1 saturated heterocycles. The zero-order chi connectivity index (χ0) is 16.5. The maximum absolute atomic E-state index is 12.2. The van der Waals surface area contributed by atoms with Crippen molar-refractivity contribution < 1.29 is 18.8 Å². The second-order valence-electron chi connectivity index (χ2n) is 6.23. The molecule has 7 nitrogen and oxygen atoms in total. The van der Waals surface area contributed by atoms with Gasteiger partial charge >= 0.3 is 0 Å². The van der Waals surface area contributed by atoms with Crippen molar-refractivity contribution in [2.75, 3.05) is 26.8 Å². The van der Waals surface area contributed by atoms with Gasteiger partial charge in [0.1, 0.15) is 11.5 Å². The zero-order valence-electron chi connectivity index (χ0n) is 13.5. The summed E-state index contributed by atoms with van der Waals surface area (Å²) >= 11 is 0. The Bertz CT molecular complexity index is 735. The van der Waals surface area contributed by atoms with Crippen LogP contribution in [0.1, 0.15) is 36.4 Å². The van der Waals surface area contributed by atoms with Gasteiger partial charge in [-0.3, -0.25) is 4.79 Å². The molecule has 1 aliphatic heterocycles. The molecule has 2 aromatic rings. The van der Waals surface area contributed by atoms with Crippen molar-refractivity contribution in [1.82, 2.24) is 15.0 Å². The Balaban J connectivity index is 1.26. The van der Waals surface area contributed by atoms with E-state index in [0.717, 1.165) is 18.7 Å². The van der Waals surface area contributed by atoms with E-state index in [1.54, 1.807) is 24.1 Å². The number of methoxy groups -OCH3 is 1. The molecule has 0 atom stereocenters. The number of aromatic nitrogens is 2. The Morgan fingerprint density at radius 1 is 1.29 bits per heavy atom. The molecular weight excluding hydrogens is 310 g/mol. The highest BCUT2D eigenvalue weighted by molar-refractivity contribution is 5.78. The third kappa shape index (κ3) is 3.06. The molecule has 1 aliphatic carbocycles. The van der Waals surface area contributed by atoms with E-state index in [0.29, 0.717) is 36.4 Å². The fourth-order valence-corrected chi connectivity index (χ4v) is 2.69. The lowest BCUT2D eigenvalue weighted by atomic mass is 10.0. The van der Waals surface area contributed by atoms with Crippen LogP contribution in [0.2, 0.25) is 0 Å². The summed E-state index contributed by atoms with van der Waals surface area (Å²) < 4.78 is 16.0. The van der Waals surface area contributed by atoms with Crippen LogP contribution in [-0.4, -0.2) is 47.8 Å². The third-order valence-electron chi connectivity index (χ3n) is 4.39. The van der Waals surface area contributed by atoms with Gasteiger partial charge < -0.3 is 18.9 Å². The molecule has 24 heavy (non-hydrogen) atoms. The fraction of sp³-hybridized carbons (Fsp3) is 0.471. The minimum atomic E-state index is -0.0454. The Hall–Kier alpha value is -2.57. The second kappa shape index (κ2) is 6.14. The summed E-state index contributed by atoms with van der Waals surface area (Å²) in [5.74, 6) is 3.36. The van der Waals surface area contributed by atoms with Crippen molar-refractivity contribution in [2.24, 2.45) is 0 Å². The molecule has 2 heterocycles. The maximum atomic E-state index is 12.2. The summed E-state index contributed by atoms with van der Waals surface area (Å²) in [6.45, 7) is 1.22. The van der Waals surface area contributed by atoms with Gasteiger partial charge in [0.05, 0.1) is 13.0 Å². The molecule has 0 spiro atoms. The minimum Gasteiger partial charge on any atom is -0.497 e. The Morgan fingerprint density at radius 2 is 2.08 bits per heavy atom. The van der Waals surface area contributed by atoms with E-state index in [-0.39, 0.29) is 18.4 Å². The molecule has 2 fully saturated rings. The number of carbonyl (C=O) groups excluding carboxylic acids is 1. The highest BCUT2D eigenvalue weighted by atomic mass is 16.5. The average molecular weight is 329 g/mol. The van der Waals surface area contributed by atoms with Crippen molar-refractivity contribution in [1.29, 1.82) is 0 Å². The molecule has 1 amide bonds. The van der Waals surface area contributed by atoms with Gasteiger partial charge in [-0.05, 0) is 25.0 Å². The van der Waals surface area contributed by atoms with E-state index in [9.17, 15) is 4.79 Å². The number of likely N-dealkylation sites (tertiary alicyclic amines) is 1. The van der Waals surface area contributed by atoms with Crippen molar-refractivity contribution >= 4 is 5.91 Å². The lowest BCUT2D eigenvalue weighted by molar-refractivity contribution is -0.138. The number of amides is 1. The van der Waals surface area contributed by atoms with Crippen LogP contribution in [-0.2, 0) is 4.79 Å². The Labute approximate surface area is 139 Å².